The van der Waals surface area contributed by atoms with Gasteiger partial charge in [-0.2, -0.15) is 0 Å². The van der Waals surface area contributed by atoms with E-state index in [0.717, 1.165) is 36.5 Å². The lowest BCUT2D eigenvalue weighted by molar-refractivity contribution is -0.136. The van der Waals surface area contributed by atoms with Gasteiger partial charge in [-0.3, -0.25) is 4.79 Å². The van der Waals surface area contributed by atoms with Gasteiger partial charge in [0.2, 0.25) is 0 Å². The van der Waals surface area contributed by atoms with Crippen molar-refractivity contribution < 1.29 is 14.6 Å². The van der Waals surface area contributed by atoms with Crippen LogP contribution in [0.2, 0.25) is 0 Å². The molecule has 0 saturated heterocycles. The van der Waals surface area contributed by atoms with Crippen molar-refractivity contribution in [3.05, 3.63) is 17.3 Å². The molecule has 0 aliphatic carbocycles. The molecule has 0 atom stereocenters. The van der Waals surface area contributed by atoms with Crippen molar-refractivity contribution in [1.82, 2.24) is 4.57 Å². The van der Waals surface area contributed by atoms with Crippen molar-refractivity contribution in [3.8, 4) is 0 Å². The highest BCUT2D eigenvalue weighted by molar-refractivity contribution is 5.72. The minimum atomic E-state index is -0.789. The van der Waals surface area contributed by atoms with Crippen molar-refractivity contribution >= 4 is 11.8 Å². The first-order valence-electron chi connectivity index (χ1n) is 5.38. The Labute approximate surface area is 94.0 Å². The van der Waals surface area contributed by atoms with Crippen molar-refractivity contribution in [2.24, 2.45) is 0 Å². The summed E-state index contributed by atoms with van der Waals surface area (Å²) in [5.74, 6) is 0.274. The van der Waals surface area contributed by atoms with Crippen molar-refractivity contribution in [3.63, 3.8) is 0 Å². The first kappa shape index (κ1) is 11.0. The highest BCUT2D eigenvalue weighted by Crippen LogP contribution is 2.27. The molecule has 0 bridgehead atoms. The van der Waals surface area contributed by atoms with Gasteiger partial charge in [-0.15, -0.1) is 0 Å². The molecule has 5 heteroatoms. The lowest BCUT2D eigenvalue weighted by Crippen LogP contribution is -2.06. The molecule has 0 radical (unpaired) electrons. The Kier molecular flexibility index (Phi) is 3.14. The van der Waals surface area contributed by atoms with E-state index in [1.165, 1.54) is 0 Å². The Bertz CT molecular complexity index is 398. The highest BCUT2D eigenvalue weighted by atomic mass is 16.5. The maximum Gasteiger partial charge on any atom is 0.307 e. The smallest absolute Gasteiger partial charge is 0.307 e. The number of carboxylic acid groups (broad SMARTS) is 1. The number of hydrogen-bond acceptors (Lipinski definition) is 3. The van der Waals surface area contributed by atoms with Crippen molar-refractivity contribution in [2.45, 2.75) is 19.4 Å². The maximum atomic E-state index is 10.8. The van der Waals surface area contributed by atoms with E-state index >= 15 is 0 Å². The number of hydrogen-bond donors (Lipinski definition) is 2. The Morgan fingerprint density at radius 1 is 1.69 bits per heavy atom. The van der Waals surface area contributed by atoms with Gasteiger partial charge < -0.3 is 19.7 Å². The molecule has 0 amide bonds. The minimum Gasteiger partial charge on any atom is -0.481 e. The summed E-state index contributed by atoms with van der Waals surface area (Å²) in [6, 6.07) is 0. The molecular weight excluding hydrogens is 208 g/mol. The number of rotatable bonds is 5. The Morgan fingerprint density at radius 3 is 3.19 bits per heavy atom. The van der Waals surface area contributed by atoms with E-state index in [1.54, 1.807) is 7.11 Å². The number of methoxy groups -OCH3 is 1. The molecule has 1 aliphatic heterocycles. The summed E-state index contributed by atoms with van der Waals surface area (Å²) >= 11 is 0. The lowest BCUT2D eigenvalue weighted by atomic mass is 10.1. The van der Waals surface area contributed by atoms with Crippen LogP contribution >= 0.6 is 0 Å². The van der Waals surface area contributed by atoms with Crippen LogP contribution in [0.25, 0.3) is 0 Å². The van der Waals surface area contributed by atoms with Gasteiger partial charge in [0.05, 0.1) is 13.0 Å². The summed E-state index contributed by atoms with van der Waals surface area (Å²) in [6.45, 7) is 2.45. The molecule has 1 aromatic heterocycles. The molecular formula is C11H16N2O3. The van der Waals surface area contributed by atoms with E-state index in [0.29, 0.717) is 6.61 Å². The van der Waals surface area contributed by atoms with Crippen LogP contribution in [0, 0.1) is 0 Å². The number of ether oxygens (including phenoxy) is 1. The fourth-order valence-corrected chi connectivity index (χ4v) is 2.13. The number of fused-ring (bicyclic) bond motifs is 1. The Balaban J connectivity index is 2.25. The van der Waals surface area contributed by atoms with Crippen LogP contribution in [-0.4, -0.2) is 35.9 Å². The van der Waals surface area contributed by atoms with Crippen molar-refractivity contribution in [1.29, 1.82) is 0 Å². The summed E-state index contributed by atoms with van der Waals surface area (Å²) in [5, 5.41) is 12.1. The third kappa shape index (κ3) is 2.04. The summed E-state index contributed by atoms with van der Waals surface area (Å²) in [7, 11) is 1.65. The number of nitrogens with one attached hydrogen (secondary N) is 1. The van der Waals surface area contributed by atoms with Gasteiger partial charge in [-0.05, 0) is 12.0 Å². The lowest BCUT2D eigenvalue weighted by Gasteiger charge is -2.05. The van der Waals surface area contributed by atoms with Crippen LogP contribution in [-0.2, 0) is 28.9 Å². The normalized spacial score (nSPS) is 13.6. The number of carbonyl (C=O) groups is 1. The van der Waals surface area contributed by atoms with Crippen LogP contribution in [0.4, 0.5) is 5.82 Å². The third-order valence-electron chi connectivity index (χ3n) is 2.82. The largest absolute Gasteiger partial charge is 0.481 e. The molecule has 1 aromatic rings. The van der Waals surface area contributed by atoms with E-state index < -0.39 is 5.97 Å². The zero-order valence-electron chi connectivity index (χ0n) is 9.32. The molecule has 88 valence electrons. The Hall–Kier alpha value is -1.49. The summed E-state index contributed by atoms with van der Waals surface area (Å²) in [6.07, 6.45) is 2.78. The summed E-state index contributed by atoms with van der Waals surface area (Å²) in [5.41, 5.74) is 1.98. The van der Waals surface area contributed by atoms with Crippen molar-refractivity contribution in [2.75, 3.05) is 25.6 Å². The number of nitrogens with zero attached hydrogens (tertiary/aromatic N) is 1. The fraction of sp³-hybridized carbons (Fsp3) is 0.545. The van der Waals surface area contributed by atoms with E-state index in [-0.39, 0.29) is 6.42 Å². The predicted molar refractivity (Wildman–Crippen MR) is 59.8 cm³/mol. The molecule has 0 aromatic carbocycles. The van der Waals surface area contributed by atoms with Crippen LogP contribution in [0.3, 0.4) is 0 Å². The molecule has 16 heavy (non-hydrogen) atoms. The quantitative estimate of drug-likeness (QED) is 0.774. The van der Waals surface area contributed by atoms with Gasteiger partial charge in [0.25, 0.3) is 0 Å². The van der Waals surface area contributed by atoms with Gasteiger partial charge in [0.15, 0.2) is 0 Å². The monoisotopic (exact) mass is 224 g/mol. The topological polar surface area (TPSA) is 63.5 Å². The van der Waals surface area contributed by atoms with Gasteiger partial charge in [0.1, 0.15) is 5.82 Å². The number of carboxylic acids is 1. The average molecular weight is 224 g/mol. The molecule has 0 saturated carbocycles. The first-order chi connectivity index (χ1) is 7.72. The second-order valence-corrected chi connectivity index (χ2v) is 3.91. The number of anilines is 1. The third-order valence-corrected chi connectivity index (χ3v) is 2.82. The molecule has 2 rings (SSSR count). The van der Waals surface area contributed by atoms with Crippen LogP contribution in [0.1, 0.15) is 11.1 Å². The van der Waals surface area contributed by atoms with Gasteiger partial charge in [-0.1, -0.05) is 0 Å². The summed E-state index contributed by atoms with van der Waals surface area (Å²) < 4.78 is 7.14. The zero-order chi connectivity index (χ0) is 11.5. The maximum absolute atomic E-state index is 10.8. The van der Waals surface area contributed by atoms with Crippen LogP contribution < -0.4 is 5.32 Å². The SMILES string of the molecule is COCCc1c(CC(=O)O)cn2c1NCC2. The highest BCUT2D eigenvalue weighted by Gasteiger charge is 2.20. The second-order valence-electron chi connectivity index (χ2n) is 3.91. The molecule has 0 fully saturated rings. The Morgan fingerprint density at radius 2 is 2.50 bits per heavy atom. The van der Waals surface area contributed by atoms with Gasteiger partial charge in [-0.25, -0.2) is 0 Å². The average Bonchev–Trinajstić information content (AvgIpc) is 2.75. The molecule has 2 heterocycles. The molecule has 0 unspecified atom stereocenters. The van der Waals surface area contributed by atoms with E-state index in [9.17, 15) is 4.79 Å². The van der Waals surface area contributed by atoms with E-state index in [2.05, 4.69) is 9.88 Å². The molecule has 5 nitrogen and oxygen atoms in total. The van der Waals surface area contributed by atoms with E-state index in [4.69, 9.17) is 9.84 Å². The fourth-order valence-electron chi connectivity index (χ4n) is 2.13. The van der Waals surface area contributed by atoms with Crippen LogP contribution in [0.15, 0.2) is 6.20 Å². The summed E-state index contributed by atoms with van der Waals surface area (Å²) in [4.78, 5) is 10.8. The van der Waals surface area contributed by atoms with Gasteiger partial charge >= 0.3 is 5.97 Å². The minimum absolute atomic E-state index is 0.0841. The molecule has 1 aliphatic rings. The molecule has 0 spiro atoms. The molecule has 2 N–H and O–H groups in total. The van der Waals surface area contributed by atoms with Gasteiger partial charge in [0, 0.05) is 32.0 Å². The van der Waals surface area contributed by atoms with Crippen LogP contribution in [0.5, 0.6) is 0 Å². The predicted octanol–water partition coefficient (Wildman–Crippen LogP) is 0.730. The van der Waals surface area contributed by atoms with E-state index in [1.807, 2.05) is 6.20 Å². The second kappa shape index (κ2) is 4.57. The standard InChI is InChI=1S/C11H16N2O3/c1-16-5-2-9-8(6-10(14)15)7-13-4-3-12-11(9)13/h7,12H,2-6H2,1H3,(H,14,15). The zero-order valence-corrected chi connectivity index (χ0v) is 9.32. The number of aromatic nitrogens is 1. The first-order valence-corrected chi connectivity index (χ1v) is 5.38. The number of aliphatic carboxylic acids is 1.